The molecule has 0 aliphatic heterocycles. The Morgan fingerprint density at radius 3 is 2.79 bits per heavy atom. The van der Waals surface area contributed by atoms with E-state index < -0.39 is 8.07 Å². The molecule has 0 amide bonds. The van der Waals surface area contributed by atoms with Gasteiger partial charge in [0.05, 0.1) is 5.69 Å². The largest absolute Gasteiger partial charge is 0.361 e. The number of rotatable bonds is 9. The lowest BCUT2D eigenvalue weighted by Gasteiger charge is -2.15. The van der Waals surface area contributed by atoms with Crippen LogP contribution in [0.2, 0.25) is 31.0 Å². The second kappa shape index (κ2) is 9.03. The maximum Gasteiger partial charge on any atom is 0.224 e. The van der Waals surface area contributed by atoms with E-state index in [1.54, 1.807) is 0 Å². The number of fused-ring (bicyclic) bond motifs is 1. The fraction of sp³-hybridized carbons (Fsp3) is 0.318. The highest BCUT2D eigenvalue weighted by molar-refractivity contribution is 6.76. The molecular weight excluding hydrogens is 402 g/mol. The van der Waals surface area contributed by atoms with E-state index in [-0.39, 0.29) is 11.1 Å². The summed E-state index contributed by atoms with van der Waals surface area (Å²) in [4.78, 5) is 20.6. The molecule has 5 nitrogen and oxygen atoms in total. The van der Waals surface area contributed by atoms with E-state index in [1.807, 2.05) is 41.1 Å². The third kappa shape index (κ3) is 5.62. The van der Waals surface area contributed by atoms with Gasteiger partial charge < -0.3 is 9.30 Å². The minimum absolute atomic E-state index is 0.0189. The standard InChI is InChI=1S/C22H26ClN3O2Si/c1-5-18(27)14-16-7-6-8-17(13-16)20-19-9-10-26(21(19)25-22(23)24-20)15-28-11-12-29(2,3)4/h5-10,13H,1,11-12,14-15H2,2-4H3. The van der Waals surface area contributed by atoms with Gasteiger partial charge in [0.1, 0.15) is 12.4 Å². The lowest BCUT2D eigenvalue weighted by atomic mass is 10.0. The van der Waals surface area contributed by atoms with Crippen molar-refractivity contribution in [2.45, 2.75) is 38.8 Å². The van der Waals surface area contributed by atoms with Crippen LogP contribution >= 0.6 is 11.6 Å². The highest BCUT2D eigenvalue weighted by atomic mass is 35.5. The molecule has 152 valence electrons. The summed E-state index contributed by atoms with van der Waals surface area (Å²) in [5, 5.41) is 1.08. The van der Waals surface area contributed by atoms with Gasteiger partial charge in [-0.05, 0) is 41.4 Å². The van der Waals surface area contributed by atoms with Gasteiger partial charge in [-0.1, -0.05) is 44.4 Å². The predicted molar refractivity (Wildman–Crippen MR) is 121 cm³/mol. The zero-order valence-corrected chi connectivity index (χ0v) is 18.9. The smallest absolute Gasteiger partial charge is 0.224 e. The van der Waals surface area contributed by atoms with Gasteiger partial charge in [-0.15, -0.1) is 0 Å². The fourth-order valence-electron chi connectivity index (χ4n) is 3.01. The van der Waals surface area contributed by atoms with Crippen LogP contribution in [0.4, 0.5) is 0 Å². The predicted octanol–water partition coefficient (Wildman–Crippen LogP) is 5.36. The van der Waals surface area contributed by atoms with Gasteiger partial charge in [-0.25, -0.2) is 4.98 Å². The topological polar surface area (TPSA) is 57.0 Å². The Labute approximate surface area is 177 Å². The zero-order valence-electron chi connectivity index (χ0n) is 17.1. The second-order valence-corrected chi connectivity index (χ2v) is 14.2. The average molecular weight is 428 g/mol. The number of hydrogen-bond acceptors (Lipinski definition) is 4. The van der Waals surface area contributed by atoms with E-state index >= 15 is 0 Å². The molecule has 0 bridgehead atoms. The molecule has 0 aliphatic rings. The van der Waals surface area contributed by atoms with Crippen molar-refractivity contribution in [3.63, 3.8) is 0 Å². The number of hydrogen-bond donors (Lipinski definition) is 0. The summed E-state index contributed by atoms with van der Waals surface area (Å²) < 4.78 is 7.82. The Bertz CT molecular complexity index is 1040. The molecule has 29 heavy (non-hydrogen) atoms. The minimum atomic E-state index is -1.13. The van der Waals surface area contributed by atoms with Crippen LogP contribution in [-0.2, 0) is 22.7 Å². The maximum absolute atomic E-state index is 11.7. The van der Waals surface area contributed by atoms with Gasteiger partial charge in [-0.3, -0.25) is 4.79 Å². The van der Waals surface area contributed by atoms with E-state index in [0.717, 1.165) is 40.5 Å². The number of ketones is 1. The first kappa shape index (κ1) is 21.4. The Balaban J connectivity index is 1.88. The number of allylic oxidation sites excluding steroid dienone is 1. The summed E-state index contributed by atoms with van der Waals surface area (Å²) >= 11 is 6.23. The second-order valence-electron chi connectivity index (χ2n) is 8.26. The molecule has 0 N–H and O–H groups in total. The first-order valence-corrected chi connectivity index (χ1v) is 13.7. The number of ether oxygens (including phenoxy) is 1. The molecule has 0 fully saturated rings. The lowest BCUT2D eigenvalue weighted by molar-refractivity contribution is -0.114. The van der Waals surface area contributed by atoms with E-state index in [1.165, 1.54) is 6.08 Å². The van der Waals surface area contributed by atoms with Gasteiger partial charge in [0, 0.05) is 38.2 Å². The fourth-order valence-corrected chi connectivity index (χ4v) is 3.93. The Kier molecular flexibility index (Phi) is 6.67. The van der Waals surface area contributed by atoms with Gasteiger partial charge in [0.2, 0.25) is 5.28 Å². The molecule has 0 radical (unpaired) electrons. The van der Waals surface area contributed by atoms with E-state index in [4.69, 9.17) is 16.3 Å². The SMILES string of the molecule is C=CC(=O)Cc1cccc(-c2nc(Cl)nc3c2ccn3COCC[Si](C)(C)C)c1. The third-order valence-corrected chi connectivity index (χ3v) is 6.50. The van der Waals surface area contributed by atoms with Crippen LogP contribution in [0, 0.1) is 0 Å². The van der Waals surface area contributed by atoms with Crippen molar-refractivity contribution in [1.82, 2.24) is 14.5 Å². The number of carbonyl (C=O) groups is 1. The van der Waals surface area contributed by atoms with Crippen molar-refractivity contribution < 1.29 is 9.53 Å². The summed E-state index contributed by atoms with van der Waals surface area (Å²) in [6.07, 6.45) is 3.60. The van der Waals surface area contributed by atoms with Crippen LogP contribution < -0.4 is 0 Å². The maximum atomic E-state index is 11.7. The molecule has 2 aromatic heterocycles. The van der Waals surface area contributed by atoms with Crippen molar-refractivity contribution in [3.05, 3.63) is 60.0 Å². The van der Waals surface area contributed by atoms with Crippen molar-refractivity contribution in [2.75, 3.05) is 6.61 Å². The van der Waals surface area contributed by atoms with Gasteiger partial charge in [0.25, 0.3) is 0 Å². The molecule has 2 heterocycles. The summed E-state index contributed by atoms with van der Waals surface area (Å²) in [6, 6.07) is 10.8. The number of aromatic nitrogens is 3. The zero-order chi connectivity index (χ0) is 21.0. The molecule has 0 atom stereocenters. The quantitative estimate of drug-likeness (QED) is 0.199. The molecule has 1 aromatic carbocycles. The number of nitrogens with zero attached hydrogens (tertiary/aromatic N) is 3. The van der Waals surface area contributed by atoms with Crippen LogP contribution in [0.5, 0.6) is 0 Å². The van der Waals surface area contributed by atoms with Crippen molar-refractivity contribution in [1.29, 1.82) is 0 Å². The van der Waals surface area contributed by atoms with Crippen LogP contribution in [0.1, 0.15) is 5.56 Å². The van der Waals surface area contributed by atoms with Crippen LogP contribution in [0.25, 0.3) is 22.3 Å². The van der Waals surface area contributed by atoms with Crippen molar-refractivity contribution in [2.24, 2.45) is 0 Å². The van der Waals surface area contributed by atoms with Gasteiger partial charge in [0.15, 0.2) is 5.78 Å². The molecule has 0 aliphatic carbocycles. The highest BCUT2D eigenvalue weighted by Gasteiger charge is 2.15. The summed E-state index contributed by atoms with van der Waals surface area (Å²) in [5.41, 5.74) is 3.28. The Morgan fingerprint density at radius 1 is 1.28 bits per heavy atom. The third-order valence-electron chi connectivity index (χ3n) is 4.62. The summed E-state index contributed by atoms with van der Waals surface area (Å²) in [6.45, 7) is 11.7. The lowest BCUT2D eigenvalue weighted by Crippen LogP contribution is -2.22. The van der Waals surface area contributed by atoms with Crippen LogP contribution in [-0.4, -0.2) is 35.0 Å². The Morgan fingerprint density at radius 2 is 2.07 bits per heavy atom. The van der Waals surface area contributed by atoms with Crippen molar-refractivity contribution >= 4 is 36.5 Å². The molecule has 3 rings (SSSR count). The normalized spacial score (nSPS) is 11.7. The summed E-state index contributed by atoms with van der Waals surface area (Å²) in [5.74, 6) is -0.0189. The van der Waals surface area contributed by atoms with Crippen LogP contribution in [0.3, 0.4) is 0 Å². The van der Waals surface area contributed by atoms with Crippen LogP contribution in [0.15, 0.2) is 49.2 Å². The number of benzene rings is 1. The van der Waals surface area contributed by atoms with E-state index in [2.05, 4.69) is 36.2 Å². The number of carbonyl (C=O) groups excluding carboxylic acids is 1. The van der Waals surface area contributed by atoms with E-state index in [9.17, 15) is 4.79 Å². The number of halogens is 1. The highest BCUT2D eigenvalue weighted by Crippen LogP contribution is 2.29. The van der Waals surface area contributed by atoms with Gasteiger partial charge >= 0.3 is 0 Å². The first-order chi connectivity index (χ1) is 13.8. The molecule has 3 aromatic rings. The monoisotopic (exact) mass is 427 g/mol. The van der Waals surface area contributed by atoms with E-state index in [0.29, 0.717) is 13.2 Å². The molecule has 0 unspecified atom stereocenters. The molecule has 0 saturated heterocycles. The molecule has 0 spiro atoms. The van der Waals surface area contributed by atoms with Gasteiger partial charge in [-0.2, -0.15) is 4.98 Å². The Hall–Kier alpha value is -2.28. The summed E-state index contributed by atoms with van der Waals surface area (Å²) in [7, 11) is -1.13. The first-order valence-electron chi connectivity index (χ1n) is 9.61. The minimum Gasteiger partial charge on any atom is -0.361 e. The van der Waals surface area contributed by atoms with Crippen molar-refractivity contribution in [3.8, 4) is 11.3 Å². The molecule has 0 saturated carbocycles. The molecular formula is C22H26ClN3O2Si. The molecule has 7 heteroatoms. The average Bonchev–Trinajstić information content (AvgIpc) is 3.06.